The maximum atomic E-state index is 12.7. The van der Waals surface area contributed by atoms with E-state index in [1.54, 1.807) is 19.1 Å². The Labute approximate surface area is 170 Å². The third kappa shape index (κ3) is 3.63. The summed E-state index contributed by atoms with van der Waals surface area (Å²) in [5, 5.41) is 2.78. The maximum Gasteiger partial charge on any atom is 0.266 e. The van der Waals surface area contributed by atoms with Gasteiger partial charge in [-0.15, -0.1) is 0 Å². The van der Waals surface area contributed by atoms with Crippen molar-refractivity contribution in [2.75, 3.05) is 19.9 Å². The fourth-order valence-corrected chi connectivity index (χ4v) is 4.15. The Balaban J connectivity index is 1.38. The maximum absolute atomic E-state index is 12.7. The monoisotopic (exact) mass is 416 g/mol. The fourth-order valence-electron chi connectivity index (χ4n) is 2.84. The molecule has 7 nitrogen and oxygen atoms in total. The first kappa shape index (κ1) is 18.6. The Morgan fingerprint density at radius 3 is 2.93 bits per heavy atom. The average Bonchev–Trinajstić information content (AvgIpc) is 3.37. The fraction of sp³-hybridized carbons (Fsp3) is 0.211. The van der Waals surface area contributed by atoms with Gasteiger partial charge in [0, 0.05) is 13.1 Å². The molecule has 2 aliphatic rings. The molecule has 2 amide bonds. The number of amides is 2. The quantitative estimate of drug-likeness (QED) is 0.593. The van der Waals surface area contributed by atoms with Gasteiger partial charge in [-0.25, -0.2) is 0 Å². The molecule has 3 heterocycles. The number of carbonyl (C=O) groups is 2. The molecule has 1 fully saturated rings. The number of thioether (sulfide) groups is 1. The van der Waals surface area contributed by atoms with Crippen molar-refractivity contribution < 1.29 is 23.5 Å². The van der Waals surface area contributed by atoms with Crippen molar-refractivity contribution in [3.05, 3.63) is 52.3 Å². The minimum Gasteiger partial charge on any atom is -0.469 e. The third-order valence-electron chi connectivity index (χ3n) is 4.29. The van der Waals surface area contributed by atoms with Crippen LogP contribution in [0.2, 0.25) is 0 Å². The summed E-state index contributed by atoms with van der Waals surface area (Å²) in [4.78, 5) is 26.8. The molecule has 0 unspecified atom stereocenters. The second kappa shape index (κ2) is 7.69. The van der Waals surface area contributed by atoms with E-state index in [0.29, 0.717) is 38.6 Å². The molecule has 9 heteroatoms. The van der Waals surface area contributed by atoms with Gasteiger partial charge in [0.15, 0.2) is 11.5 Å². The number of carbonyl (C=O) groups excluding carboxylic acids is 2. The first-order chi connectivity index (χ1) is 13.5. The SMILES string of the molecule is Cc1occc1C(=O)NCCN1C(=O)/C(=C\c2ccc3c(c2)OCO3)SC1=S. The molecule has 1 saturated heterocycles. The summed E-state index contributed by atoms with van der Waals surface area (Å²) in [5.41, 5.74) is 1.31. The predicted octanol–water partition coefficient (Wildman–Crippen LogP) is 2.95. The largest absolute Gasteiger partial charge is 0.469 e. The minimum absolute atomic E-state index is 0.179. The van der Waals surface area contributed by atoms with Crippen LogP contribution in [0.3, 0.4) is 0 Å². The standard InChI is InChI=1S/C19H16N2O5S2/c1-11-13(4-7-24-11)17(22)20-5-6-21-18(23)16(28-19(21)27)9-12-2-3-14-15(8-12)26-10-25-14/h2-4,7-9H,5-6,10H2,1H3,(H,20,22)/b16-9+. The van der Waals surface area contributed by atoms with Crippen molar-refractivity contribution in [3.8, 4) is 11.5 Å². The number of aryl methyl sites for hydroxylation is 1. The molecule has 4 rings (SSSR count). The van der Waals surface area contributed by atoms with E-state index in [9.17, 15) is 9.59 Å². The van der Waals surface area contributed by atoms with E-state index in [1.165, 1.54) is 22.9 Å². The molecule has 1 aromatic heterocycles. The molecular formula is C19H16N2O5S2. The number of fused-ring (bicyclic) bond motifs is 1. The molecule has 28 heavy (non-hydrogen) atoms. The molecule has 0 saturated carbocycles. The summed E-state index contributed by atoms with van der Waals surface area (Å²) in [6.45, 7) is 2.50. The zero-order valence-electron chi connectivity index (χ0n) is 14.9. The highest BCUT2D eigenvalue weighted by Gasteiger charge is 2.31. The molecule has 0 aliphatic carbocycles. The normalized spacial score (nSPS) is 16.9. The lowest BCUT2D eigenvalue weighted by molar-refractivity contribution is -0.122. The van der Waals surface area contributed by atoms with E-state index in [0.717, 1.165) is 5.56 Å². The number of hydrogen-bond acceptors (Lipinski definition) is 7. The summed E-state index contributed by atoms with van der Waals surface area (Å²) < 4.78 is 16.2. The lowest BCUT2D eigenvalue weighted by atomic mass is 10.2. The predicted molar refractivity (Wildman–Crippen MR) is 108 cm³/mol. The van der Waals surface area contributed by atoms with E-state index in [4.69, 9.17) is 26.1 Å². The molecule has 0 radical (unpaired) electrons. The first-order valence-corrected chi connectivity index (χ1v) is 9.73. The highest BCUT2D eigenvalue weighted by molar-refractivity contribution is 8.26. The summed E-state index contributed by atoms with van der Waals surface area (Å²) in [7, 11) is 0. The van der Waals surface area contributed by atoms with E-state index in [1.807, 2.05) is 18.2 Å². The molecule has 1 N–H and O–H groups in total. The van der Waals surface area contributed by atoms with Gasteiger partial charge in [-0.3, -0.25) is 14.5 Å². The number of nitrogens with one attached hydrogen (secondary N) is 1. The second-order valence-electron chi connectivity index (χ2n) is 6.09. The zero-order valence-corrected chi connectivity index (χ0v) is 16.5. The second-order valence-corrected chi connectivity index (χ2v) is 7.77. The summed E-state index contributed by atoms with van der Waals surface area (Å²) in [6, 6.07) is 7.09. The lowest BCUT2D eigenvalue weighted by Gasteiger charge is -2.14. The number of nitrogens with zero attached hydrogens (tertiary/aromatic N) is 1. The van der Waals surface area contributed by atoms with Crippen LogP contribution in [0.25, 0.3) is 6.08 Å². The van der Waals surface area contributed by atoms with Crippen LogP contribution >= 0.6 is 24.0 Å². The number of hydrogen-bond donors (Lipinski definition) is 1. The van der Waals surface area contributed by atoms with Crippen molar-refractivity contribution in [1.82, 2.24) is 10.2 Å². The van der Waals surface area contributed by atoms with Crippen LogP contribution < -0.4 is 14.8 Å². The van der Waals surface area contributed by atoms with E-state index >= 15 is 0 Å². The number of thiocarbonyl (C=S) groups is 1. The topological polar surface area (TPSA) is 81.0 Å². The van der Waals surface area contributed by atoms with Gasteiger partial charge in [0.2, 0.25) is 6.79 Å². The molecule has 1 aromatic carbocycles. The Morgan fingerprint density at radius 2 is 2.14 bits per heavy atom. The van der Waals surface area contributed by atoms with E-state index in [-0.39, 0.29) is 25.2 Å². The molecule has 2 aliphatic heterocycles. The van der Waals surface area contributed by atoms with Gasteiger partial charge < -0.3 is 19.2 Å². The van der Waals surface area contributed by atoms with Crippen LogP contribution in [0, 0.1) is 6.92 Å². The lowest BCUT2D eigenvalue weighted by Crippen LogP contribution is -2.37. The highest BCUT2D eigenvalue weighted by Crippen LogP contribution is 2.36. The summed E-state index contributed by atoms with van der Waals surface area (Å²) in [5.74, 6) is 1.47. The van der Waals surface area contributed by atoms with Gasteiger partial charge >= 0.3 is 0 Å². The van der Waals surface area contributed by atoms with Gasteiger partial charge in [-0.05, 0) is 36.8 Å². The Hall–Kier alpha value is -2.78. The molecule has 2 aromatic rings. The van der Waals surface area contributed by atoms with Crippen molar-refractivity contribution in [2.45, 2.75) is 6.92 Å². The Morgan fingerprint density at radius 1 is 1.32 bits per heavy atom. The Bertz CT molecular complexity index is 998. The number of rotatable bonds is 5. The molecule has 0 spiro atoms. The Kier molecular flexibility index (Phi) is 5.10. The van der Waals surface area contributed by atoms with Gasteiger partial charge in [0.1, 0.15) is 10.1 Å². The summed E-state index contributed by atoms with van der Waals surface area (Å²) >= 11 is 6.56. The number of ether oxygens (including phenoxy) is 2. The zero-order chi connectivity index (χ0) is 19.7. The number of benzene rings is 1. The average molecular weight is 416 g/mol. The highest BCUT2D eigenvalue weighted by atomic mass is 32.2. The van der Waals surface area contributed by atoms with Crippen LogP contribution in [0.1, 0.15) is 21.7 Å². The summed E-state index contributed by atoms with van der Waals surface area (Å²) in [6.07, 6.45) is 3.24. The van der Waals surface area contributed by atoms with Crippen LogP contribution in [0.5, 0.6) is 11.5 Å². The van der Waals surface area contributed by atoms with Gasteiger partial charge in [0.05, 0.1) is 16.7 Å². The first-order valence-electron chi connectivity index (χ1n) is 8.50. The van der Waals surface area contributed by atoms with Crippen LogP contribution in [0.4, 0.5) is 0 Å². The number of furan rings is 1. The van der Waals surface area contributed by atoms with Gasteiger partial charge in [0.25, 0.3) is 11.8 Å². The van der Waals surface area contributed by atoms with Crippen LogP contribution in [-0.4, -0.2) is 40.9 Å². The van der Waals surface area contributed by atoms with Crippen LogP contribution in [0.15, 0.2) is 39.9 Å². The van der Waals surface area contributed by atoms with Gasteiger partial charge in [-0.2, -0.15) is 0 Å². The third-order valence-corrected chi connectivity index (χ3v) is 5.67. The molecular weight excluding hydrogens is 400 g/mol. The molecule has 144 valence electrons. The van der Waals surface area contributed by atoms with Crippen LogP contribution in [-0.2, 0) is 4.79 Å². The van der Waals surface area contributed by atoms with Crippen molar-refractivity contribution in [1.29, 1.82) is 0 Å². The van der Waals surface area contributed by atoms with Gasteiger partial charge in [-0.1, -0.05) is 30.0 Å². The van der Waals surface area contributed by atoms with Crippen molar-refractivity contribution in [3.63, 3.8) is 0 Å². The minimum atomic E-state index is -0.243. The smallest absolute Gasteiger partial charge is 0.266 e. The molecule has 0 bridgehead atoms. The van der Waals surface area contributed by atoms with E-state index < -0.39 is 0 Å². The van der Waals surface area contributed by atoms with Crippen molar-refractivity contribution >= 4 is 46.2 Å². The molecule has 0 atom stereocenters. The van der Waals surface area contributed by atoms with E-state index in [2.05, 4.69) is 5.32 Å². The van der Waals surface area contributed by atoms with Crippen molar-refractivity contribution in [2.24, 2.45) is 0 Å².